The molecule has 3 rings (SSSR count). The number of likely N-dealkylation sites (tertiary alicyclic amines) is 1. The van der Waals surface area contributed by atoms with Gasteiger partial charge < -0.3 is 4.90 Å². The molecule has 1 heterocycles. The normalized spacial score (nSPS) is 22.3. The highest BCUT2D eigenvalue weighted by molar-refractivity contribution is 5.75. The lowest BCUT2D eigenvalue weighted by atomic mass is 9.90. The van der Waals surface area contributed by atoms with E-state index in [1.165, 1.54) is 11.1 Å². The number of rotatable bonds is 3. The molecule has 0 unspecified atom stereocenters. The molecular formula is C16H19NO. The van der Waals surface area contributed by atoms with Gasteiger partial charge >= 0.3 is 0 Å². The van der Waals surface area contributed by atoms with Gasteiger partial charge in [0.1, 0.15) is 5.78 Å². The maximum absolute atomic E-state index is 11.1. The number of Topliss-reactive ketones (excluding diaryl/α,β-unsaturated/α-hetero) is 1. The maximum Gasteiger partial charge on any atom is 0.131 e. The van der Waals surface area contributed by atoms with E-state index in [4.69, 9.17) is 0 Å². The van der Waals surface area contributed by atoms with Crippen molar-refractivity contribution in [2.45, 2.75) is 25.7 Å². The number of nitrogens with zero attached hydrogens (tertiary/aromatic N) is 1. The van der Waals surface area contributed by atoms with Gasteiger partial charge in [-0.1, -0.05) is 35.9 Å². The van der Waals surface area contributed by atoms with Crippen molar-refractivity contribution in [3.05, 3.63) is 41.0 Å². The Morgan fingerprint density at radius 3 is 3.06 bits per heavy atom. The third-order valence-electron chi connectivity index (χ3n) is 4.10. The SMILES string of the molecule is CC(=O)CCN1CCC2=Cc3ccccc3[C@@H]2C1. The number of ketones is 1. The third-order valence-corrected chi connectivity index (χ3v) is 4.10. The lowest BCUT2D eigenvalue weighted by Crippen LogP contribution is -2.36. The zero-order chi connectivity index (χ0) is 12.5. The predicted octanol–water partition coefficient (Wildman–Crippen LogP) is 2.85. The van der Waals surface area contributed by atoms with Gasteiger partial charge in [-0.3, -0.25) is 4.79 Å². The Hall–Kier alpha value is -1.41. The highest BCUT2D eigenvalue weighted by Crippen LogP contribution is 2.40. The van der Waals surface area contributed by atoms with E-state index in [2.05, 4.69) is 35.2 Å². The lowest BCUT2D eigenvalue weighted by molar-refractivity contribution is -0.117. The molecule has 1 aromatic rings. The molecule has 18 heavy (non-hydrogen) atoms. The number of carbonyl (C=O) groups is 1. The van der Waals surface area contributed by atoms with Gasteiger partial charge in [-0.15, -0.1) is 0 Å². The Balaban J connectivity index is 1.73. The van der Waals surface area contributed by atoms with Crippen molar-refractivity contribution < 1.29 is 4.79 Å². The molecule has 1 atom stereocenters. The molecule has 1 aromatic carbocycles. The first-order valence-corrected chi connectivity index (χ1v) is 6.75. The van der Waals surface area contributed by atoms with Crippen LogP contribution < -0.4 is 0 Å². The molecule has 1 fully saturated rings. The summed E-state index contributed by atoms with van der Waals surface area (Å²) < 4.78 is 0. The van der Waals surface area contributed by atoms with E-state index in [0.717, 1.165) is 26.1 Å². The molecular weight excluding hydrogens is 222 g/mol. The molecule has 94 valence electrons. The van der Waals surface area contributed by atoms with Crippen LogP contribution in [0.3, 0.4) is 0 Å². The number of hydrogen-bond acceptors (Lipinski definition) is 2. The minimum absolute atomic E-state index is 0.295. The molecule has 1 aliphatic carbocycles. The van der Waals surface area contributed by atoms with Crippen molar-refractivity contribution in [1.82, 2.24) is 4.90 Å². The van der Waals surface area contributed by atoms with Crippen LogP contribution in [0.25, 0.3) is 6.08 Å². The fraction of sp³-hybridized carbons (Fsp3) is 0.438. The second-order valence-corrected chi connectivity index (χ2v) is 5.40. The van der Waals surface area contributed by atoms with Crippen molar-refractivity contribution in [1.29, 1.82) is 0 Å². The Morgan fingerprint density at radius 2 is 2.22 bits per heavy atom. The second-order valence-electron chi connectivity index (χ2n) is 5.40. The average Bonchev–Trinajstić information content (AvgIpc) is 2.74. The van der Waals surface area contributed by atoms with E-state index in [0.29, 0.717) is 18.1 Å². The van der Waals surface area contributed by atoms with Gasteiger partial charge in [0.05, 0.1) is 0 Å². The summed E-state index contributed by atoms with van der Waals surface area (Å²) in [4.78, 5) is 13.5. The van der Waals surface area contributed by atoms with Crippen LogP contribution >= 0.6 is 0 Å². The standard InChI is InChI=1S/C16H19NO/c1-12(18)6-8-17-9-7-14-10-13-4-2-3-5-15(13)16(14)11-17/h2-5,10,16H,6-9,11H2,1H3/t16-/m1/s1. The van der Waals surface area contributed by atoms with E-state index in [-0.39, 0.29) is 0 Å². The topological polar surface area (TPSA) is 20.3 Å². The highest BCUT2D eigenvalue weighted by atomic mass is 16.1. The number of benzene rings is 1. The number of piperidine rings is 1. The molecule has 1 saturated heterocycles. The molecule has 0 aromatic heterocycles. The summed E-state index contributed by atoms with van der Waals surface area (Å²) in [6.07, 6.45) is 4.20. The maximum atomic E-state index is 11.1. The minimum Gasteiger partial charge on any atom is -0.302 e. The number of fused-ring (bicyclic) bond motifs is 3. The summed E-state index contributed by atoms with van der Waals surface area (Å²) in [5.74, 6) is 0.866. The van der Waals surface area contributed by atoms with Gasteiger partial charge in [0.2, 0.25) is 0 Å². The first kappa shape index (κ1) is 11.7. The van der Waals surface area contributed by atoms with E-state index in [1.807, 2.05) is 0 Å². The molecule has 0 spiro atoms. The van der Waals surface area contributed by atoms with Crippen LogP contribution in [0, 0.1) is 0 Å². The van der Waals surface area contributed by atoms with Crippen LogP contribution in [0.2, 0.25) is 0 Å². The van der Waals surface area contributed by atoms with Crippen LogP contribution in [-0.2, 0) is 4.79 Å². The van der Waals surface area contributed by atoms with E-state index < -0.39 is 0 Å². The largest absolute Gasteiger partial charge is 0.302 e. The summed E-state index contributed by atoms with van der Waals surface area (Å²) in [6, 6.07) is 8.70. The summed E-state index contributed by atoms with van der Waals surface area (Å²) in [5, 5.41) is 0. The van der Waals surface area contributed by atoms with Gasteiger partial charge in [-0.2, -0.15) is 0 Å². The Morgan fingerprint density at radius 1 is 1.39 bits per heavy atom. The van der Waals surface area contributed by atoms with Crippen molar-refractivity contribution in [3.63, 3.8) is 0 Å². The molecule has 2 heteroatoms. The zero-order valence-corrected chi connectivity index (χ0v) is 10.9. The third kappa shape index (κ3) is 2.13. The van der Waals surface area contributed by atoms with E-state index in [1.54, 1.807) is 12.5 Å². The number of carbonyl (C=O) groups excluding carboxylic acids is 1. The Labute approximate surface area is 108 Å². The highest BCUT2D eigenvalue weighted by Gasteiger charge is 2.30. The van der Waals surface area contributed by atoms with Crippen molar-refractivity contribution >= 4 is 11.9 Å². The van der Waals surface area contributed by atoms with E-state index in [9.17, 15) is 4.79 Å². The van der Waals surface area contributed by atoms with Crippen LogP contribution in [0.5, 0.6) is 0 Å². The van der Waals surface area contributed by atoms with Crippen LogP contribution in [0.15, 0.2) is 29.8 Å². The van der Waals surface area contributed by atoms with Crippen molar-refractivity contribution in [2.75, 3.05) is 19.6 Å². The van der Waals surface area contributed by atoms with Gasteiger partial charge in [0, 0.05) is 32.0 Å². The van der Waals surface area contributed by atoms with Crippen molar-refractivity contribution in [2.24, 2.45) is 0 Å². The Bertz CT molecular complexity index is 504. The van der Waals surface area contributed by atoms with Gasteiger partial charge in [-0.25, -0.2) is 0 Å². The predicted molar refractivity (Wildman–Crippen MR) is 73.5 cm³/mol. The number of hydrogen-bond donors (Lipinski definition) is 0. The lowest BCUT2D eigenvalue weighted by Gasteiger charge is -2.32. The minimum atomic E-state index is 0.295. The van der Waals surface area contributed by atoms with Crippen LogP contribution in [-0.4, -0.2) is 30.3 Å². The Kier molecular flexibility index (Phi) is 3.04. The summed E-state index contributed by atoms with van der Waals surface area (Å²) in [5.41, 5.74) is 4.45. The van der Waals surface area contributed by atoms with Gasteiger partial charge in [0.15, 0.2) is 0 Å². The molecule has 0 amide bonds. The molecule has 0 N–H and O–H groups in total. The van der Waals surface area contributed by atoms with Gasteiger partial charge in [0.25, 0.3) is 0 Å². The van der Waals surface area contributed by atoms with Crippen LogP contribution in [0.4, 0.5) is 0 Å². The van der Waals surface area contributed by atoms with Gasteiger partial charge in [-0.05, 0) is 24.5 Å². The molecule has 0 bridgehead atoms. The summed E-state index contributed by atoms with van der Waals surface area (Å²) >= 11 is 0. The smallest absolute Gasteiger partial charge is 0.131 e. The molecule has 0 saturated carbocycles. The first-order chi connectivity index (χ1) is 8.74. The molecule has 2 nitrogen and oxygen atoms in total. The molecule has 0 radical (unpaired) electrons. The second kappa shape index (κ2) is 4.69. The fourth-order valence-electron chi connectivity index (χ4n) is 3.08. The summed E-state index contributed by atoms with van der Waals surface area (Å²) in [7, 11) is 0. The van der Waals surface area contributed by atoms with Crippen LogP contribution in [0.1, 0.15) is 36.8 Å². The summed E-state index contributed by atoms with van der Waals surface area (Å²) in [6.45, 7) is 4.78. The quantitative estimate of drug-likeness (QED) is 0.811. The monoisotopic (exact) mass is 241 g/mol. The molecule has 1 aliphatic heterocycles. The zero-order valence-electron chi connectivity index (χ0n) is 10.9. The van der Waals surface area contributed by atoms with E-state index >= 15 is 0 Å². The first-order valence-electron chi connectivity index (χ1n) is 6.75. The van der Waals surface area contributed by atoms with Crippen molar-refractivity contribution in [3.8, 4) is 0 Å². The fourth-order valence-corrected chi connectivity index (χ4v) is 3.08. The molecule has 2 aliphatic rings. The average molecular weight is 241 g/mol.